The van der Waals surface area contributed by atoms with Gasteiger partial charge in [-0.05, 0) is 6.07 Å². The van der Waals surface area contributed by atoms with E-state index in [2.05, 4.69) is 0 Å². The number of anilines is 1. The third kappa shape index (κ3) is 4.91. The summed E-state index contributed by atoms with van der Waals surface area (Å²) >= 11 is 0. The van der Waals surface area contributed by atoms with Gasteiger partial charge in [-0.3, -0.25) is 14.7 Å². The van der Waals surface area contributed by atoms with Gasteiger partial charge in [-0.2, -0.15) is 8.42 Å². The maximum Gasteiger partial charge on any atom is 0.296 e. The Labute approximate surface area is 128 Å². The van der Waals surface area contributed by atoms with Crippen LogP contribution in [-0.2, 0) is 19.6 Å². The Morgan fingerprint density at radius 3 is 2.18 bits per heavy atom. The predicted molar refractivity (Wildman–Crippen MR) is 78.9 cm³/mol. The fourth-order valence-corrected chi connectivity index (χ4v) is 2.57. The average molecular weight is 334 g/mol. The van der Waals surface area contributed by atoms with E-state index in [4.69, 9.17) is 9.47 Å². The zero-order valence-electron chi connectivity index (χ0n) is 12.3. The standard InChI is InChI=1S/C12H18N2O7S/c1-20-7-5-13(6-8-21-2)11-4-3-10(14(15)16)9-12(11)22(17,18)19/h3-4,9H,5-8H2,1-2H3,(H,17,18,19). The van der Waals surface area contributed by atoms with Gasteiger partial charge < -0.3 is 14.4 Å². The van der Waals surface area contributed by atoms with Crippen molar-refractivity contribution in [1.29, 1.82) is 0 Å². The lowest BCUT2D eigenvalue weighted by molar-refractivity contribution is -0.385. The summed E-state index contributed by atoms with van der Waals surface area (Å²) in [6.07, 6.45) is 0. The third-order valence-corrected chi connectivity index (χ3v) is 3.79. The summed E-state index contributed by atoms with van der Waals surface area (Å²) in [5.41, 5.74) is -0.267. The highest BCUT2D eigenvalue weighted by Crippen LogP contribution is 2.29. The van der Waals surface area contributed by atoms with Crippen molar-refractivity contribution in [2.75, 3.05) is 45.4 Å². The Morgan fingerprint density at radius 1 is 1.23 bits per heavy atom. The van der Waals surface area contributed by atoms with E-state index in [9.17, 15) is 23.1 Å². The molecule has 0 spiro atoms. The second-order valence-electron chi connectivity index (χ2n) is 4.36. The van der Waals surface area contributed by atoms with E-state index in [-0.39, 0.29) is 5.69 Å². The van der Waals surface area contributed by atoms with E-state index in [0.717, 1.165) is 6.07 Å². The lowest BCUT2D eigenvalue weighted by Crippen LogP contribution is -2.31. The second kappa shape index (κ2) is 8.03. The molecule has 0 radical (unpaired) electrons. The van der Waals surface area contributed by atoms with Crippen LogP contribution in [0.5, 0.6) is 0 Å². The molecule has 1 rings (SSSR count). The number of non-ortho nitro benzene ring substituents is 1. The van der Waals surface area contributed by atoms with Crippen LogP contribution in [0.3, 0.4) is 0 Å². The van der Waals surface area contributed by atoms with E-state index < -0.39 is 25.6 Å². The van der Waals surface area contributed by atoms with Crippen molar-refractivity contribution in [1.82, 2.24) is 0 Å². The van der Waals surface area contributed by atoms with Crippen LogP contribution < -0.4 is 4.90 Å². The van der Waals surface area contributed by atoms with Crippen LogP contribution in [0.1, 0.15) is 0 Å². The van der Waals surface area contributed by atoms with Crippen LogP contribution in [0, 0.1) is 10.1 Å². The number of benzene rings is 1. The van der Waals surface area contributed by atoms with E-state index >= 15 is 0 Å². The molecular weight excluding hydrogens is 316 g/mol. The van der Waals surface area contributed by atoms with Gasteiger partial charge in [-0.25, -0.2) is 0 Å². The first-order valence-corrected chi connectivity index (χ1v) is 7.74. The van der Waals surface area contributed by atoms with Gasteiger partial charge in [-0.1, -0.05) is 0 Å². The Morgan fingerprint density at radius 2 is 1.77 bits per heavy atom. The summed E-state index contributed by atoms with van der Waals surface area (Å²) in [5.74, 6) is 0. The van der Waals surface area contributed by atoms with Crippen molar-refractivity contribution < 1.29 is 27.4 Å². The molecule has 0 unspecified atom stereocenters. The molecule has 0 heterocycles. The highest BCUT2D eigenvalue weighted by Gasteiger charge is 2.23. The minimum absolute atomic E-state index is 0.155. The zero-order valence-corrected chi connectivity index (χ0v) is 13.1. The van der Waals surface area contributed by atoms with Crippen molar-refractivity contribution in [2.45, 2.75) is 4.90 Å². The van der Waals surface area contributed by atoms with Gasteiger partial charge >= 0.3 is 0 Å². The predicted octanol–water partition coefficient (Wildman–Crippen LogP) is 0.941. The number of ether oxygens (including phenoxy) is 2. The number of nitro groups is 1. The highest BCUT2D eigenvalue weighted by molar-refractivity contribution is 7.86. The maximum atomic E-state index is 11.5. The zero-order chi connectivity index (χ0) is 16.8. The van der Waals surface area contributed by atoms with Gasteiger partial charge in [-0.15, -0.1) is 0 Å². The van der Waals surface area contributed by atoms with Crippen molar-refractivity contribution in [3.8, 4) is 0 Å². The number of methoxy groups -OCH3 is 2. The normalized spacial score (nSPS) is 11.4. The Hall–Kier alpha value is -1.75. The van der Waals surface area contributed by atoms with Gasteiger partial charge in [0.15, 0.2) is 0 Å². The smallest absolute Gasteiger partial charge is 0.296 e. The summed E-state index contributed by atoms with van der Waals surface area (Å²) < 4.78 is 42.3. The largest absolute Gasteiger partial charge is 0.383 e. The van der Waals surface area contributed by atoms with Crippen LogP contribution in [0.4, 0.5) is 11.4 Å². The molecule has 0 bridgehead atoms. The lowest BCUT2D eigenvalue weighted by Gasteiger charge is -2.25. The van der Waals surface area contributed by atoms with Crippen molar-refractivity contribution >= 4 is 21.5 Å². The van der Waals surface area contributed by atoms with Crippen LogP contribution in [0.2, 0.25) is 0 Å². The number of rotatable bonds is 9. The number of hydrogen-bond acceptors (Lipinski definition) is 7. The first-order valence-electron chi connectivity index (χ1n) is 6.30. The molecule has 0 fully saturated rings. The Bertz CT molecular complexity index is 610. The van der Waals surface area contributed by atoms with Gasteiger partial charge in [0, 0.05) is 39.4 Å². The molecule has 1 aromatic carbocycles. The van der Waals surface area contributed by atoms with E-state index in [1.807, 2.05) is 0 Å². The minimum atomic E-state index is -4.61. The topological polar surface area (TPSA) is 119 Å². The van der Waals surface area contributed by atoms with Gasteiger partial charge in [0.2, 0.25) is 0 Å². The van der Waals surface area contributed by atoms with Crippen LogP contribution in [0.15, 0.2) is 23.1 Å². The summed E-state index contributed by atoms with van der Waals surface area (Å²) in [4.78, 5) is 11.1. The van der Waals surface area contributed by atoms with E-state index in [1.165, 1.54) is 26.4 Å². The first kappa shape index (κ1) is 18.3. The Kier molecular flexibility index (Phi) is 6.68. The van der Waals surface area contributed by atoms with Crippen molar-refractivity contribution in [2.24, 2.45) is 0 Å². The molecule has 1 N–H and O–H groups in total. The number of hydrogen-bond donors (Lipinski definition) is 1. The molecule has 0 atom stereocenters. The molecule has 0 aliphatic rings. The number of nitrogens with zero attached hydrogens (tertiary/aromatic N) is 2. The SMILES string of the molecule is COCCN(CCOC)c1ccc([N+](=O)[O-])cc1S(=O)(=O)O. The van der Waals surface area contributed by atoms with Crippen LogP contribution in [0.25, 0.3) is 0 Å². The van der Waals surface area contributed by atoms with E-state index in [1.54, 1.807) is 4.90 Å². The molecule has 124 valence electrons. The van der Waals surface area contributed by atoms with Gasteiger partial charge in [0.1, 0.15) is 4.90 Å². The molecule has 1 aromatic rings. The molecule has 0 aliphatic carbocycles. The summed E-state index contributed by atoms with van der Waals surface area (Å²) in [5, 5.41) is 10.8. The Balaban J connectivity index is 3.31. The summed E-state index contributed by atoms with van der Waals surface area (Å²) in [6.45, 7) is 1.29. The second-order valence-corrected chi connectivity index (χ2v) is 5.75. The minimum Gasteiger partial charge on any atom is -0.383 e. The van der Waals surface area contributed by atoms with Crippen LogP contribution >= 0.6 is 0 Å². The molecule has 0 saturated carbocycles. The van der Waals surface area contributed by atoms with Gasteiger partial charge in [0.25, 0.3) is 15.8 Å². The fraction of sp³-hybridized carbons (Fsp3) is 0.500. The highest BCUT2D eigenvalue weighted by atomic mass is 32.2. The summed E-state index contributed by atoms with van der Waals surface area (Å²) in [6, 6.07) is 3.29. The molecule has 0 amide bonds. The van der Waals surface area contributed by atoms with Crippen molar-refractivity contribution in [3.05, 3.63) is 28.3 Å². The quantitative estimate of drug-likeness (QED) is 0.402. The van der Waals surface area contributed by atoms with Gasteiger partial charge in [0.05, 0.1) is 23.8 Å². The summed E-state index contributed by atoms with van der Waals surface area (Å²) in [7, 11) is -1.62. The monoisotopic (exact) mass is 334 g/mol. The molecule has 10 heteroatoms. The average Bonchev–Trinajstić information content (AvgIpc) is 2.46. The lowest BCUT2D eigenvalue weighted by atomic mass is 10.2. The number of nitro benzene ring substituents is 1. The van der Waals surface area contributed by atoms with E-state index in [0.29, 0.717) is 26.3 Å². The maximum absolute atomic E-state index is 11.5. The molecule has 0 aromatic heterocycles. The molecule has 0 saturated heterocycles. The molecule has 0 aliphatic heterocycles. The fourth-order valence-electron chi connectivity index (χ4n) is 1.84. The third-order valence-electron chi connectivity index (χ3n) is 2.90. The molecule has 9 nitrogen and oxygen atoms in total. The molecular formula is C12H18N2O7S. The molecule has 22 heavy (non-hydrogen) atoms. The van der Waals surface area contributed by atoms with Crippen LogP contribution in [-0.4, -0.2) is 58.4 Å². The van der Waals surface area contributed by atoms with Crippen molar-refractivity contribution in [3.63, 3.8) is 0 Å². The first-order chi connectivity index (χ1) is 10.3.